The monoisotopic (exact) mass is 290 g/mol. The Kier molecular flexibility index (Phi) is 2.83. The summed E-state index contributed by atoms with van der Waals surface area (Å²) in [6.07, 6.45) is 1.33. The first-order valence-corrected chi connectivity index (χ1v) is 6.54. The lowest BCUT2D eigenvalue weighted by Gasteiger charge is -1.96. The Morgan fingerprint density at radius 3 is 2.85 bits per heavy atom. The maximum atomic E-state index is 12.2. The number of amides is 1. The minimum atomic E-state index is -0.301. The lowest BCUT2D eigenvalue weighted by Crippen LogP contribution is -2.17. The van der Waals surface area contributed by atoms with Gasteiger partial charge in [-0.1, -0.05) is 0 Å². The Labute approximate surface area is 116 Å². The van der Waals surface area contributed by atoms with E-state index < -0.39 is 0 Å². The van der Waals surface area contributed by atoms with Crippen LogP contribution in [0.3, 0.4) is 0 Å². The SMILES string of the molecule is CNC(=O)c1sc2nc(-c3ncn[nH]3)[nH]c(=O)c2c1C. The molecule has 3 rings (SSSR count). The van der Waals surface area contributed by atoms with Gasteiger partial charge in [0.1, 0.15) is 11.2 Å². The number of aromatic nitrogens is 5. The van der Waals surface area contributed by atoms with Crippen LogP contribution in [-0.4, -0.2) is 38.1 Å². The highest BCUT2D eigenvalue weighted by Gasteiger charge is 2.19. The first kappa shape index (κ1) is 12.5. The van der Waals surface area contributed by atoms with Gasteiger partial charge in [0.25, 0.3) is 11.5 Å². The van der Waals surface area contributed by atoms with Crippen LogP contribution in [-0.2, 0) is 0 Å². The number of hydrogen-bond acceptors (Lipinski definition) is 6. The Bertz CT molecular complexity index is 848. The molecule has 0 aliphatic heterocycles. The third kappa shape index (κ3) is 1.79. The summed E-state index contributed by atoms with van der Waals surface area (Å²) in [5.74, 6) is 0.437. The Hall–Kier alpha value is -2.55. The summed E-state index contributed by atoms with van der Waals surface area (Å²) in [7, 11) is 1.55. The van der Waals surface area contributed by atoms with E-state index in [2.05, 4.69) is 30.5 Å². The molecule has 0 saturated heterocycles. The van der Waals surface area contributed by atoms with Crippen molar-refractivity contribution in [1.29, 1.82) is 0 Å². The zero-order chi connectivity index (χ0) is 14.3. The topological polar surface area (TPSA) is 116 Å². The van der Waals surface area contributed by atoms with E-state index in [0.717, 1.165) is 0 Å². The lowest BCUT2D eigenvalue weighted by molar-refractivity contribution is 0.0966. The summed E-state index contributed by atoms with van der Waals surface area (Å²) in [5.41, 5.74) is 0.326. The van der Waals surface area contributed by atoms with Gasteiger partial charge in [-0.05, 0) is 12.5 Å². The molecule has 8 nitrogen and oxygen atoms in total. The van der Waals surface area contributed by atoms with Crippen molar-refractivity contribution in [1.82, 2.24) is 30.5 Å². The number of fused-ring (bicyclic) bond motifs is 1. The highest BCUT2D eigenvalue weighted by atomic mass is 32.1. The van der Waals surface area contributed by atoms with Crippen molar-refractivity contribution in [3.05, 3.63) is 27.1 Å². The van der Waals surface area contributed by atoms with Crippen LogP contribution >= 0.6 is 11.3 Å². The van der Waals surface area contributed by atoms with Crippen LogP contribution in [0.15, 0.2) is 11.1 Å². The predicted molar refractivity (Wildman–Crippen MR) is 73.7 cm³/mol. The van der Waals surface area contributed by atoms with Crippen LogP contribution in [0.4, 0.5) is 0 Å². The van der Waals surface area contributed by atoms with Crippen molar-refractivity contribution in [3.63, 3.8) is 0 Å². The molecule has 0 aliphatic rings. The highest BCUT2D eigenvalue weighted by molar-refractivity contribution is 7.20. The molecule has 3 N–H and O–H groups in total. The van der Waals surface area contributed by atoms with Gasteiger partial charge in [0.15, 0.2) is 11.6 Å². The van der Waals surface area contributed by atoms with E-state index in [4.69, 9.17) is 0 Å². The highest BCUT2D eigenvalue weighted by Crippen LogP contribution is 2.27. The number of nitrogens with one attached hydrogen (secondary N) is 3. The summed E-state index contributed by atoms with van der Waals surface area (Å²) in [6, 6.07) is 0. The number of carbonyl (C=O) groups is 1. The minimum absolute atomic E-state index is 0.230. The maximum Gasteiger partial charge on any atom is 0.261 e. The third-order valence-corrected chi connectivity index (χ3v) is 4.06. The molecule has 0 aromatic carbocycles. The van der Waals surface area contributed by atoms with Crippen LogP contribution in [0.1, 0.15) is 15.2 Å². The van der Waals surface area contributed by atoms with Crippen molar-refractivity contribution in [2.45, 2.75) is 6.92 Å². The van der Waals surface area contributed by atoms with Crippen molar-refractivity contribution < 1.29 is 4.79 Å². The van der Waals surface area contributed by atoms with E-state index in [0.29, 0.717) is 32.3 Å². The van der Waals surface area contributed by atoms with Crippen LogP contribution in [0.25, 0.3) is 21.9 Å². The minimum Gasteiger partial charge on any atom is -0.354 e. The van der Waals surface area contributed by atoms with Crippen molar-refractivity contribution >= 4 is 27.5 Å². The van der Waals surface area contributed by atoms with Crippen molar-refractivity contribution in [2.24, 2.45) is 0 Å². The fourth-order valence-electron chi connectivity index (χ4n) is 1.91. The summed E-state index contributed by atoms with van der Waals surface area (Å²) in [5, 5.41) is 9.32. The van der Waals surface area contributed by atoms with Gasteiger partial charge >= 0.3 is 0 Å². The van der Waals surface area contributed by atoms with Gasteiger partial charge < -0.3 is 10.3 Å². The Balaban J connectivity index is 2.28. The quantitative estimate of drug-likeness (QED) is 0.633. The van der Waals surface area contributed by atoms with E-state index in [1.807, 2.05) is 0 Å². The number of aryl methyl sites for hydroxylation is 1. The number of aromatic amines is 2. The Morgan fingerprint density at radius 1 is 1.40 bits per heavy atom. The van der Waals surface area contributed by atoms with Crippen molar-refractivity contribution in [2.75, 3.05) is 7.05 Å². The van der Waals surface area contributed by atoms with Crippen LogP contribution in [0, 0.1) is 6.92 Å². The first-order chi connectivity index (χ1) is 9.61. The van der Waals surface area contributed by atoms with Crippen LogP contribution < -0.4 is 10.9 Å². The molecule has 3 aromatic rings. The number of rotatable bonds is 2. The van der Waals surface area contributed by atoms with Crippen molar-refractivity contribution in [3.8, 4) is 11.6 Å². The third-order valence-electron chi connectivity index (χ3n) is 2.87. The molecule has 0 unspecified atom stereocenters. The number of nitrogens with zero attached hydrogens (tertiary/aromatic N) is 3. The summed E-state index contributed by atoms with van der Waals surface area (Å²) in [4.78, 5) is 35.8. The molecule has 0 saturated carbocycles. The van der Waals surface area contributed by atoms with E-state index in [1.165, 1.54) is 17.7 Å². The molecule has 0 fully saturated rings. The fourth-order valence-corrected chi connectivity index (χ4v) is 3.03. The number of thiophene rings is 1. The molecule has 9 heteroatoms. The average molecular weight is 290 g/mol. The van der Waals surface area contributed by atoms with Gasteiger partial charge in [-0.15, -0.1) is 11.3 Å². The zero-order valence-corrected chi connectivity index (χ0v) is 11.5. The second kappa shape index (κ2) is 4.53. The molecule has 0 atom stereocenters. The second-order valence-corrected chi connectivity index (χ2v) is 5.06. The van der Waals surface area contributed by atoms with E-state index in [9.17, 15) is 9.59 Å². The summed E-state index contributed by atoms with van der Waals surface area (Å²) in [6.45, 7) is 1.73. The zero-order valence-electron chi connectivity index (χ0n) is 10.6. The van der Waals surface area contributed by atoms with Gasteiger partial charge in [0, 0.05) is 7.05 Å². The number of hydrogen-bond donors (Lipinski definition) is 3. The smallest absolute Gasteiger partial charge is 0.261 e. The maximum absolute atomic E-state index is 12.2. The van der Waals surface area contributed by atoms with Gasteiger partial charge in [-0.2, -0.15) is 5.10 Å². The van der Waals surface area contributed by atoms with Gasteiger partial charge in [-0.25, -0.2) is 9.97 Å². The van der Waals surface area contributed by atoms with E-state index >= 15 is 0 Å². The standard InChI is InChI=1S/C11H10N6O2S/c1-4-5-9(18)15-8(7-13-3-14-17-7)16-11(5)20-6(4)10(19)12-2/h3H,1-2H3,(H,12,19)(H,13,14,17)(H,15,16,18). The molecular formula is C11H10N6O2S. The number of H-pyrrole nitrogens is 2. The molecular weight excluding hydrogens is 280 g/mol. The van der Waals surface area contributed by atoms with Gasteiger partial charge in [0.05, 0.1) is 10.3 Å². The van der Waals surface area contributed by atoms with Gasteiger partial charge in [0.2, 0.25) is 0 Å². The summed E-state index contributed by atoms with van der Waals surface area (Å²) < 4.78 is 0. The lowest BCUT2D eigenvalue weighted by atomic mass is 10.2. The molecule has 0 aliphatic carbocycles. The first-order valence-electron chi connectivity index (χ1n) is 5.73. The fraction of sp³-hybridized carbons (Fsp3) is 0.182. The van der Waals surface area contributed by atoms with Crippen LogP contribution in [0.2, 0.25) is 0 Å². The van der Waals surface area contributed by atoms with Crippen LogP contribution in [0.5, 0.6) is 0 Å². The molecule has 20 heavy (non-hydrogen) atoms. The molecule has 102 valence electrons. The molecule has 3 aromatic heterocycles. The van der Waals surface area contributed by atoms with E-state index in [1.54, 1.807) is 14.0 Å². The summed E-state index contributed by atoms with van der Waals surface area (Å²) >= 11 is 1.18. The second-order valence-electron chi connectivity index (χ2n) is 4.06. The molecule has 1 amide bonds. The Morgan fingerprint density at radius 2 is 2.20 bits per heavy atom. The number of carbonyl (C=O) groups excluding carboxylic acids is 1. The molecule has 0 radical (unpaired) electrons. The average Bonchev–Trinajstić information content (AvgIpc) is 3.06. The normalized spacial score (nSPS) is 10.9. The van der Waals surface area contributed by atoms with Gasteiger partial charge in [-0.3, -0.25) is 14.7 Å². The molecule has 0 bridgehead atoms. The van der Waals surface area contributed by atoms with E-state index in [-0.39, 0.29) is 11.5 Å². The largest absolute Gasteiger partial charge is 0.354 e. The predicted octanol–water partition coefficient (Wildman–Crippen LogP) is 0.438. The molecule has 0 spiro atoms. The molecule has 3 heterocycles.